The van der Waals surface area contributed by atoms with Crippen molar-refractivity contribution in [1.29, 1.82) is 0 Å². The van der Waals surface area contributed by atoms with Gasteiger partial charge in [-0.2, -0.15) is 0 Å². The molecule has 0 aliphatic carbocycles. The maximum Gasteiger partial charge on any atom is 0.155 e. The van der Waals surface area contributed by atoms with Crippen LogP contribution >= 0.6 is 0 Å². The first-order valence-corrected chi connectivity index (χ1v) is 7.74. The van der Waals surface area contributed by atoms with Gasteiger partial charge in [0.25, 0.3) is 0 Å². The summed E-state index contributed by atoms with van der Waals surface area (Å²) in [5.74, 6) is 0.930. The highest BCUT2D eigenvalue weighted by Gasteiger charge is 2.23. The Balaban J connectivity index is 2.17. The monoisotopic (exact) mass is 290 g/mol. The molecule has 0 N–H and O–H groups in total. The van der Waals surface area contributed by atoms with E-state index in [1.54, 1.807) is 0 Å². The summed E-state index contributed by atoms with van der Waals surface area (Å²) in [5, 5.41) is 0. The normalized spacial score (nSPS) is 18.7. The minimum absolute atomic E-state index is 0.0418. The fourth-order valence-corrected chi connectivity index (χ4v) is 2.51. The minimum Gasteiger partial charge on any atom is -0.483 e. The number of fused-ring (bicyclic) bond motifs is 1. The highest BCUT2D eigenvalue weighted by molar-refractivity contribution is 5.61. The highest BCUT2D eigenvalue weighted by atomic mass is 16.7. The molecule has 2 unspecified atom stereocenters. The second kappa shape index (κ2) is 6.63. The smallest absolute Gasteiger partial charge is 0.155 e. The van der Waals surface area contributed by atoms with Crippen molar-refractivity contribution in [2.75, 3.05) is 6.61 Å². The van der Waals surface area contributed by atoms with E-state index in [0.29, 0.717) is 6.61 Å². The predicted octanol–water partition coefficient (Wildman–Crippen LogP) is 4.72. The van der Waals surface area contributed by atoms with Crippen LogP contribution < -0.4 is 4.74 Å². The number of rotatable bonds is 6. The third kappa shape index (κ3) is 4.08. The van der Waals surface area contributed by atoms with Crippen molar-refractivity contribution in [2.45, 2.75) is 59.0 Å². The van der Waals surface area contributed by atoms with Gasteiger partial charge in [0.2, 0.25) is 0 Å². The molecule has 3 nitrogen and oxygen atoms in total. The van der Waals surface area contributed by atoms with E-state index in [1.165, 1.54) is 0 Å². The van der Waals surface area contributed by atoms with E-state index in [1.807, 2.05) is 19.9 Å². The fraction of sp³-hybridized carbons (Fsp3) is 0.556. The van der Waals surface area contributed by atoms with Gasteiger partial charge >= 0.3 is 0 Å². The Kier molecular flexibility index (Phi) is 5.07. The van der Waals surface area contributed by atoms with Crippen LogP contribution in [-0.4, -0.2) is 18.5 Å². The molecule has 0 spiro atoms. The van der Waals surface area contributed by atoms with Gasteiger partial charge < -0.3 is 14.2 Å². The Hall–Kier alpha value is -1.32. The van der Waals surface area contributed by atoms with Gasteiger partial charge in [-0.1, -0.05) is 19.1 Å². The first kappa shape index (κ1) is 16.1. The molecule has 0 radical (unpaired) electrons. The largest absolute Gasteiger partial charge is 0.483 e. The molecule has 0 saturated heterocycles. The standard InChI is InChI=1S/C18H26O3/c1-6-16(20-13(3)19-7-2)14-8-9-17-15(12-14)10-11-18(4,5)21-17/h8-13,16H,6-7H2,1-5H3. The van der Waals surface area contributed by atoms with Crippen LogP contribution in [0.3, 0.4) is 0 Å². The summed E-state index contributed by atoms with van der Waals surface area (Å²) in [6.07, 6.45) is 4.97. The second-order valence-electron chi connectivity index (χ2n) is 5.89. The lowest BCUT2D eigenvalue weighted by molar-refractivity contribution is -0.159. The average Bonchev–Trinajstić information content (AvgIpc) is 2.44. The van der Waals surface area contributed by atoms with Crippen LogP contribution in [0.25, 0.3) is 6.08 Å². The van der Waals surface area contributed by atoms with Crippen molar-refractivity contribution in [3.05, 3.63) is 35.4 Å². The van der Waals surface area contributed by atoms with Gasteiger partial charge in [0.15, 0.2) is 6.29 Å². The number of hydrogen-bond donors (Lipinski definition) is 0. The summed E-state index contributed by atoms with van der Waals surface area (Å²) in [4.78, 5) is 0. The van der Waals surface area contributed by atoms with Crippen LogP contribution in [-0.2, 0) is 9.47 Å². The van der Waals surface area contributed by atoms with E-state index in [4.69, 9.17) is 14.2 Å². The number of benzene rings is 1. The molecule has 2 atom stereocenters. The lowest BCUT2D eigenvalue weighted by Gasteiger charge is -2.29. The second-order valence-corrected chi connectivity index (χ2v) is 5.89. The number of hydrogen-bond acceptors (Lipinski definition) is 3. The third-order valence-corrected chi connectivity index (χ3v) is 3.57. The molecule has 116 valence electrons. The molecule has 1 aliphatic heterocycles. The van der Waals surface area contributed by atoms with E-state index in [2.05, 4.69) is 45.1 Å². The summed E-state index contributed by atoms with van der Waals surface area (Å²) in [5.41, 5.74) is 2.03. The topological polar surface area (TPSA) is 27.7 Å². The van der Waals surface area contributed by atoms with Gasteiger partial charge in [0.05, 0.1) is 6.10 Å². The predicted molar refractivity (Wildman–Crippen MR) is 85.4 cm³/mol. The van der Waals surface area contributed by atoms with Gasteiger partial charge in [0, 0.05) is 12.2 Å². The molecule has 1 aromatic rings. The lowest BCUT2D eigenvalue weighted by Crippen LogP contribution is -2.27. The highest BCUT2D eigenvalue weighted by Crippen LogP contribution is 2.34. The van der Waals surface area contributed by atoms with Crippen LogP contribution in [0.2, 0.25) is 0 Å². The molecule has 1 aromatic carbocycles. The summed E-state index contributed by atoms with van der Waals surface area (Å²) in [6.45, 7) is 10.8. The quantitative estimate of drug-likeness (QED) is 0.709. The first-order chi connectivity index (χ1) is 9.95. The SMILES string of the molecule is CCOC(C)OC(CC)c1ccc2c(c1)C=CC(C)(C)O2. The zero-order chi connectivity index (χ0) is 15.5. The van der Waals surface area contributed by atoms with Gasteiger partial charge in [-0.3, -0.25) is 0 Å². The maximum absolute atomic E-state index is 5.97. The van der Waals surface area contributed by atoms with Crippen LogP contribution in [0.5, 0.6) is 5.75 Å². The Labute approximate surface area is 127 Å². The van der Waals surface area contributed by atoms with Crippen LogP contribution in [0.4, 0.5) is 0 Å². The lowest BCUT2D eigenvalue weighted by atomic mass is 9.98. The molecule has 1 aliphatic rings. The Morgan fingerprint density at radius 1 is 1.24 bits per heavy atom. The molecule has 0 saturated carbocycles. The van der Waals surface area contributed by atoms with Crippen molar-refractivity contribution >= 4 is 6.08 Å². The van der Waals surface area contributed by atoms with E-state index >= 15 is 0 Å². The van der Waals surface area contributed by atoms with Crippen molar-refractivity contribution < 1.29 is 14.2 Å². The zero-order valence-corrected chi connectivity index (χ0v) is 13.7. The first-order valence-electron chi connectivity index (χ1n) is 7.74. The molecule has 0 aromatic heterocycles. The molecule has 0 amide bonds. The molecule has 3 heteroatoms. The third-order valence-electron chi connectivity index (χ3n) is 3.57. The molecule has 2 rings (SSSR count). The Morgan fingerprint density at radius 2 is 2.00 bits per heavy atom. The van der Waals surface area contributed by atoms with Crippen molar-refractivity contribution in [2.24, 2.45) is 0 Å². The summed E-state index contributed by atoms with van der Waals surface area (Å²) in [6, 6.07) is 6.27. The fourth-order valence-electron chi connectivity index (χ4n) is 2.51. The van der Waals surface area contributed by atoms with Crippen molar-refractivity contribution in [3.63, 3.8) is 0 Å². The number of ether oxygens (including phenoxy) is 3. The molecule has 21 heavy (non-hydrogen) atoms. The summed E-state index contributed by atoms with van der Waals surface area (Å²) in [7, 11) is 0. The molecule has 0 bridgehead atoms. The Morgan fingerprint density at radius 3 is 2.67 bits per heavy atom. The van der Waals surface area contributed by atoms with Gasteiger partial charge in [-0.25, -0.2) is 0 Å². The van der Waals surface area contributed by atoms with E-state index in [-0.39, 0.29) is 18.0 Å². The van der Waals surface area contributed by atoms with Crippen LogP contribution in [0.1, 0.15) is 58.3 Å². The average molecular weight is 290 g/mol. The van der Waals surface area contributed by atoms with Crippen molar-refractivity contribution in [1.82, 2.24) is 0 Å². The van der Waals surface area contributed by atoms with Gasteiger partial charge in [0.1, 0.15) is 11.4 Å². The molecular weight excluding hydrogens is 264 g/mol. The van der Waals surface area contributed by atoms with E-state index in [9.17, 15) is 0 Å². The minimum atomic E-state index is -0.237. The van der Waals surface area contributed by atoms with E-state index in [0.717, 1.165) is 23.3 Å². The van der Waals surface area contributed by atoms with Crippen molar-refractivity contribution in [3.8, 4) is 5.75 Å². The van der Waals surface area contributed by atoms with Crippen LogP contribution in [0, 0.1) is 0 Å². The zero-order valence-electron chi connectivity index (χ0n) is 13.7. The molecule has 1 heterocycles. The molecular formula is C18H26O3. The summed E-state index contributed by atoms with van der Waals surface area (Å²) >= 11 is 0. The van der Waals surface area contributed by atoms with Gasteiger partial charge in [-0.15, -0.1) is 0 Å². The Bertz CT molecular complexity index is 505. The maximum atomic E-state index is 5.97. The van der Waals surface area contributed by atoms with Crippen LogP contribution in [0.15, 0.2) is 24.3 Å². The summed E-state index contributed by atoms with van der Waals surface area (Å²) < 4.78 is 17.4. The molecule has 0 fully saturated rings. The van der Waals surface area contributed by atoms with E-state index < -0.39 is 0 Å². The van der Waals surface area contributed by atoms with Gasteiger partial charge in [-0.05, 0) is 57.9 Å².